The zero-order valence-corrected chi connectivity index (χ0v) is 16.9. The molecule has 3 heterocycles. The minimum Gasteiger partial charge on any atom is -0.463 e. The summed E-state index contributed by atoms with van der Waals surface area (Å²) in [6.07, 6.45) is 2.30. The summed E-state index contributed by atoms with van der Waals surface area (Å²) >= 11 is 0. The van der Waals surface area contributed by atoms with E-state index in [0.29, 0.717) is 29.3 Å². The van der Waals surface area contributed by atoms with Crippen LogP contribution in [0.2, 0.25) is 0 Å². The van der Waals surface area contributed by atoms with E-state index in [2.05, 4.69) is 17.6 Å². The van der Waals surface area contributed by atoms with Gasteiger partial charge >= 0.3 is 12.0 Å². The predicted octanol–water partition coefficient (Wildman–Crippen LogP) is 0.901. The van der Waals surface area contributed by atoms with Crippen molar-refractivity contribution in [1.29, 1.82) is 0 Å². The van der Waals surface area contributed by atoms with E-state index in [-0.39, 0.29) is 19.4 Å². The topological polar surface area (TPSA) is 90.3 Å². The van der Waals surface area contributed by atoms with Crippen LogP contribution in [-0.4, -0.2) is 45.0 Å². The van der Waals surface area contributed by atoms with E-state index < -0.39 is 12.0 Å². The molecule has 1 aromatic rings. The Balaban J connectivity index is 1.68. The van der Waals surface area contributed by atoms with Gasteiger partial charge in [0.15, 0.2) is 11.5 Å². The average Bonchev–Trinajstić information content (AvgIpc) is 3.17. The highest BCUT2D eigenvalue weighted by Crippen LogP contribution is 2.37. The van der Waals surface area contributed by atoms with E-state index in [1.807, 2.05) is 12.1 Å². The Morgan fingerprint density at radius 3 is 2.76 bits per heavy atom. The molecule has 29 heavy (non-hydrogen) atoms. The van der Waals surface area contributed by atoms with Crippen molar-refractivity contribution < 1.29 is 28.7 Å². The van der Waals surface area contributed by atoms with Gasteiger partial charge in [0.05, 0.1) is 37.0 Å². The second-order valence-corrected chi connectivity index (χ2v) is 7.87. The number of hydrogen-bond acceptors (Lipinski definition) is 5. The molecule has 0 spiro atoms. The third-order valence-corrected chi connectivity index (χ3v) is 5.79. The van der Waals surface area contributed by atoms with Crippen LogP contribution in [0.25, 0.3) is 0 Å². The van der Waals surface area contributed by atoms with Gasteiger partial charge in [-0.2, -0.15) is 0 Å². The Kier molecular flexibility index (Phi) is 5.62. The molecule has 0 saturated carbocycles. The minimum absolute atomic E-state index is 0.167. The number of fused-ring (bicyclic) bond motifs is 1. The number of urea groups is 1. The highest BCUT2D eigenvalue weighted by molar-refractivity contribution is 5.95. The fourth-order valence-corrected chi connectivity index (χ4v) is 4.15. The summed E-state index contributed by atoms with van der Waals surface area (Å²) in [5.74, 6) is 1.57. The van der Waals surface area contributed by atoms with Crippen molar-refractivity contribution in [2.45, 2.75) is 32.7 Å². The SMILES string of the molecule is CCOC(=O)C1=C(C[NH+]2CCC(C)CC2)NC(=O)N[C@H]1c1ccc2c(c1)OCO2. The molecule has 2 amide bonds. The standard InChI is InChI=1S/C21H27N3O5/c1-3-27-20(25)18-15(11-24-8-6-13(2)7-9-24)22-21(26)23-19(18)14-4-5-16-17(10-14)29-12-28-16/h4-5,10,13,19H,3,6-9,11-12H2,1-2H3,(H2,22,23,26)/p+1/t19-/m0/s1. The number of carbonyl (C=O) groups excluding carboxylic acids is 2. The van der Waals surface area contributed by atoms with E-state index >= 15 is 0 Å². The number of rotatable bonds is 5. The van der Waals surface area contributed by atoms with Gasteiger partial charge in [-0.15, -0.1) is 0 Å². The van der Waals surface area contributed by atoms with Crippen LogP contribution in [-0.2, 0) is 9.53 Å². The van der Waals surface area contributed by atoms with E-state index in [4.69, 9.17) is 14.2 Å². The maximum atomic E-state index is 12.9. The van der Waals surface area contributed by atoms with E-state index in [9.17, 15) is 9.59 Å². The molecule has 1 saturated heterocycles. The van der Waals surface area contributed by atoms with Gasteiger partial charge in [-0.25, -0.2) is 9.59 Å². The molecule has 4 rings (SSSR count). The smallest absolute Gasteiger partial charge is 0.338 e. The van der Waals surface area contributed by atoms with Crippen molar-refractivity contribution in [3.8, 4) is 11.5 Å². The van der Waals surface area contributed by atoms with Crippen molar-refractivity contribution in [2.24, 2.45) is 5.92 Å². The van der Waals surface area contributed by atoms with Gasteiger partial charge in [0.2, 0.25) is 6.79 Å². The van der Waals surface area contributed by atoms with Gasteiger partial charge in [0, 0.05) is 0 Å². The van der Waals surface area contributed by atoms with Crippen molar-refractivity contribution in [2.75, 3.05) is 33.0 Å². The van der Waals surface area contributed by atoms with Crippen molar-refractivity contribution in [3.05, 3.63) is 35.0 Å². The molecule has 1 fully saturated rings. The predicted molar refractivity (Wildman–Crippen MR) is 105 cm³/mol. The fraction of sp³-hybridized carbons (Fsp3) is 0.524. The third-order valence-electron chi connectivity index (χ3n) is 5.79. The first kappa shape index (κ1) is 19.6. The van der Waals surface area contributed by atoms with Gasteiger partial charge in [-0.1, -0.05) is 13.0 Å². The maximum absolute atomic E-state index is 12.9. The molecule has 3 aliphatic heterocycles. The van der Waals surface area contributed by atoms with Crippen molar-refractivity contribution in [3.63, 3.8) is 0 Å². The molecule has 8 heteroatoms. The lowest BCUT2D eigenvalue weighted by Crippen LogP contribution is -3.13. The van der Waals surface area contributed by atoms with Crippen molar-refractivity contribution in [1.82, 2.24) is 10.6 Å². The number of quaternary nitrogens is 1. The van der Waals surface area contributed by atoms with Gasteiger partial charge in [0.1, 0.15) is 6.54 Å². The Morgan fingerprint density at radius 1 is 1.24 bits per heavy atom. The zero-order chi connectivity index (χ0) is 20.4. The van der Waals surface area contributed by atoms with Crippen LogP contribution < -0.4 is 25.0 Å². The maximum Gasteiger partial charge on any atom is 0.338 e. The number of ether oxygens (including phenoxy) is 3. The third kappa shape index (κ3) is 4.17. The zero-order valence-electron chi connectivity index (χ0n) is 16.9. The Hall–Kier alpha value is -2.74. The van der Waals surface area contributed by atoms with Crippen LogP contribution in [0.1, 0.15) is 38.3 Å². The molecule has 8 nitrogen and oxygen atoms in total. The van der Waals surface area contributed by atoms with Gasteiger partial charge in [-0.3, -0.25) is 0 Å². The van der Waals surface area contributed by atoms with Crippen LogP contribution in [0.3, 0.4) is 0 Å². The number of amides is 2. The number of likely N-dealkylation sites (tertiary alicyclic amines) is 1. The summed E-state index contributed by atoms with van der Waals surface area (Å²) in [6, 6.07) is 4.53. The number of benzene rings is 1. The molecule has 0 radical (unpaired) electrons. The van der Waals surface area contributed by atoms with Gasteiger partial charge < -0.3 is 29.7 Å². The molecule has 3 aliphatic rings. The number of hydrogen-bond donors (Lipinski definition) is 3. The Bertz CT molecular complexity index is 830. The molecular weight excluding hydrogens is 374 g/mol. The molecule has 0 bridgehead atoms. The van der Waals surface area contributed by atoms with Gasteiger partial charge in [0.25, 0.3) is 0 Å². The monoisotopic (exact) mass is 402 g/mol. The highest BCUT2D eigenvalue weighted by Gasteiger charge is 2.36. The van der Waals surface area contributed by atoms with Crippen LogP contribution in [0, 0.1) is 5.92 Å². The van der Waals surface area contributed by atoms with E-state index in [1.165, 1.54) is 4.90 Å². The fourth-order valence-electron chi connectivity index (χ4n) is 4.15. The summed E-state index contributed by atoms with van der Waals surface area (Å²) in [5.41, 5.74) is 1.85. The molecule has 0 aromatic heterocycles. The summed E-state index contributed by atoms with van der Waals surface area (Å²) < 4.78 is 16.2. The first-order valence-electron chi connectivity index (χ1n) is 10.3. The number of nitrogens with one attached hydrogen (secondary N) is 3. The summed E-state index contributed by atoms with van der Waals surface area (Å²) in [7, 11) is 0. The lowest BCUT2D eigenvalue weighted by molar-refractivity contribution is -0.901. The molecule has 1 atom stereocenters. The van der Waals surface area contributed by atoms with E-state index in [1.54, 1.807) is 13.0 Å². The Morgan fingerprint density at radius 2 is 2.00 bits per heavy atom. The van der Waals surface area contributed by atoms with Gasteiger partial charge in [-0.05, 0) is 43.4 Å². The molecular formula is C21H28N3O5+. The number of esters is 1. The normalized spacial score (nSPS) is 26.0. The highest BCUT2D eigenvalue weighted by atomic mass is 16.7. The molecule has 1 aromatic carbocycles. The Labute approximate surface area is 170 Å². The van der Waals surface area contributed by atoms with Crippen LogP contribution in [0.15, 0.2) is 29.5 Å². The molecule has 3 N–H and O–H groups in total. The quantitative estimate of drug-likeness (QED) is 0.637. The van der Waals surface area contributed by atoms with E-state index in [0.717, 1.165) is 37.4 Å². The summed E-state index contributed by atoms with van der Waals surface area (Å²) in [6.45, 7) is 7.13. The first-order valence-corrected chi connectivity index (χ1v) is 10.3. The molecule has 0 aliphatic carbocycles. The minimum atomic E-state index is -0.601. The lowest BCUT2D eigenvalue weighted by Gasteiger charge is -2.33. The number of carbonyl (C=O) groups is 2. The van der Waals surface area contributed by atoms with Crippen LogP contribution in [0.5, 0.6) is 11.5 Å². The second kappa shape index (κ2) is 8.32. The van der Waals surface area contributed by atoms with Crippen LogP contribution >= 0.6 is 0 Å². The lowest BCUT2D eigenvalue weighted by atomic mass is 9.94. The van der Waals surface area contributed by atoms with Crippen molar-refractivity contribution >= 4 is 12.0 Å². The average molecular weight is 402 g/mol. The summed E-state index contributed by atoms with van der Waals surface area (Å²) in [5, 5.41) is 5.74. The molecule has 156 valence electrons. The second-order valence-electron chi connectivity index (χ2n) is 7.87. The largest absolute Gasteiger partial charge is 0.463 e. The first-order chi connectivity index (χ1) is 14.0. The molecule has 0 unspecified atom stereocenters. The summed E-state index contributed by atoms with van der Waals surface area (Å²) in [4.78, 5) is 26.7. The van der Waals surface area contributed by atoms with Crippen LogP contribution in [0.4, 0.5) is 4.79 Å². The number of piperidine rings is 1.